The first-order chi connectivity index (χ1) is 60.0. The number of aromatic nitrogens is 8. The highest BCUT2D eigenvalue weighted by atomic mass is 16.7. The van der Waals surface area contributed by atoms with Crippen LogP contribution in [-0.2, 0) is 29.1 Å². The number of rotatable bonds is 31. The van der Waals surface area contributed by atoms with Gasteiger partial charge in [0, 0.05) is 150 Å². The number of nitrogens with one attached hydrogen (secondary N) is 3. The molecule has 0 bridgehead atoms. The van der Waals surface area contributed by atoms with Gasteiger partial charge in [0.2, 0.25) is 30.6 Å². The van der Waals surface area contributed by atoms with E-state index in [1.165, 1.54) is 5.56 Å². The number of carbonyl (C=O) groups is 4. The van der Waals surface area contributed by atoms with Crippen LogP contribution in [0.4, 0.5) is 23.8 Å². The van der Waals surface area contributed by atoms with Crippen molar-refractivity contribution >= 4 is 47.4 Å². The molecule has 26 heteroatoms. The molecule has 2 aliphatic heterocycles. The fourth-order valence-electron chi connectivity index (χ4n) is 13.9. The second-order valence-electron chi connectivity index (χ2n) is 31.4. The number of anilines is 4. The summed E-state index contributed by atoms with van der Waals surface area (Å²) in [6.07, 6.45) is 9.46. The number of nitrogens with zero attached hydrogens (tertiary/aromatic N) is 15. The molecule has 4 aromatic heterocycles. The van der Waals surface area contributed by atoms with Gasteiger partial charge in [-0.3, -0.25) is 19.2 Å². The van der Waals surface area contributed by atoms with Gasteiger partial charge in [0.15, 0.2) is 11.5 Å². The van der Waals surface area contributed by atoms with Crippen LogP contribution in [0.2, 0.25) is 0 Å². The molecule has 1 saturated heterocycles. The number of benzene rings is 7. The van der Waals surface area contributed by atoms with E-state index in [0.29, 0.717) is 170 Å². The monoisotopic (exact) mass is 1670 g/mol. The maximum absolute atomic E-state index is 13.6. The second-order valence-corrected chi connectivity index (χ2v) is 31.4. The molecule has 124 heavy (non-hydrogen) atoms. The van der Waals surface area contributed by atoms with Crippen molar-refractivity contribution in [3.63, 3.8) is 0 Å². The van der Waals surface area contributed by atoms with E-state index in [2.05, 4.69) is 146 Å². The van der Waals surface area contributed by atoms with Crippen LogP contribution in [0.3, 0.4) is 0 Å². The number of morpholine rings is 1. The lowest BCUT2D eigenvalue weighted by Gasteiger charge is -2.28. The zero-order valence-electron chi connectivity index (χ0n) is 73.8. The Morgan fingerprint density at radius 1 is 0.484 bits per heavy atom. The molecule has 648 valence electrons. The van der Waals surface area contributed by atoms with E-state index in [0.717, 1.165) is 100 Å². The molecule has 1 fully saturated rings. The fraction of sp³-hybridized carbons (Fsp3) is 0.347. The van der Waals surface area contributed by atoms with Gasteiger partial charge in [0.05, 0.1) is 81.5 Å². The number of fused-ring (bicyclic) bond motifs is 1. The van der Waals surface area contributed by atoms with Crippen molar-refractivity contribution in [2.75, 3.05) is 121 Å². The summed E-state index contributed by atoms with van der Waals surface area (Å²) in [5, 5.41) is 27.9. The molecule has 7 aromatic carbocycles. The first-order valence-corrected chi connectivity index (χ1v) is 42.2. The second kappa shape index (κ2) is 46.5. The molecule has 6 heterocycles. The highest BCUT2D eigenvalue weighted by Gasteiger charge is 2.28. The largest absolute Gasteiger partial charge is 0.454 e. The van der Waals surface area contributed by atoms with Crippen molar-refractivity contribution in [2.24, 2.45) is 11.8 Å². The van der Waals surface area contributed by atoms with Crippen molar-refractivity contribution in [1.29, 1.82) is 10.5 Å². The summed E-state index contributed by atoms with van der Waals surface area (Å²) < 4.78 is 21.3. The van der Waals surface area contributed by atoms with E-state index in [9.17, 15) is 19.2 Å². The van der Waals surface area contributed by atoms with Gasteiger partial charge in [0.25, 0.3) is 23.6 Å². The Hall–Kier alpha value is -13.6. The Balaban J connectivity index is 0.000000208. The van der Waals surface area contributed by atoms with Gasteiger partial charge in [-0.05, 0) is 131 Å². The van der Waals surface area contributed by atoms with Gasteiger partial charge in [-0.2, -0.15) is 10.5 Å². The van der Waals surface area contributed by atoms with Crippen molar-refractivity contribution in [2.45, 2.75) is 115 Å². The smallest absolute Gasteiger partial charge is 0.257 e. The van der Waals surface area contributed by atoms with Crippen LogP contribution >= 0.6 is 0 Å². The number of hydrogen-bond acceptors (Lipinski definition) is 22. The number of methoxy groups -OCH3 is 1. The Morgan fingerprint density at radius 3 is 1.34 bits per heavy atom. The summed E-state index contributed by atoms with van der Waals surface area (Å²) in [6, 6.07) is 56.6. The maximum atomic E-state index is 13.6. The number of hydrogen-bond donors (Lipinski definition) is 3. The first kappa shape index (κ1) is 92.7. The Kier molecular flexibility index (Phi) is 34.7. The van der Waals surface area contributed by atoms with Crippen LogP contribution in [0, 0.1) is 62.2 Å². The quantitative estimate of drug-likeness (QED) is 0.0340. The number of amides is 4. The molecule has 2 aliphatic rings. The summed E-state index contributed by atoms with van der Waals surface area (Å²) in [5.41, 5.74) is 16.5. The van der Waals surface area contributed by atoms with Gasteiger partial charge in [-0.1, -0.05) is 179 Å². The third-order valence-electron chi connectivity index (χ3n) is 20.2. The highest BCUT2D eigenvalue weighted by Crippen LogP contribution is 2.35. The van der Waals surface area contributed by atoms with Crippen LogP contribution < -0.4 is 30.3 Å². The minimum absolute atomic E-state index is 0. The van der Waals surface area contributed by atoms with Crippen molar-refractivity contribution in [3.8, 4) is 68.7 Å². The summed E-state index contributed by atoms with van der Waals surface area (Å²) in [7, 11) is 5.27. The molecule has 0 saturated carbocycles. The maximum Gasteiger partial charge on any atom is 0.257 e. The summed E-state index contributed by atoms with van der Waals surface area (Å²) >= 11 is 0. The molecule has 11 aromatic rings. The Morgan fingerprint density at radius 2 is 0.903 bits per heavy atom. The standard InChI is InChI=1S/C26H29N5O2.C26H30N4O2.C25H25N5O3.C21H30N4O.2H2/c1-4-31(18-21-8-5-7-19(2)15-21)25(32)23-17-29-26(28-13-6-14-33-3)30-24(23)22-11-9-20(16-27)10-12-22;1-4-29(18-21-9-5-7-19(2)15-21)25(31)23-17-27-26(30-11-13-32-14-12-30)28-24(23)22-10-6-8-20(3)16-22;1-16(2)14-30(3)24(31)20-13-28-25(29-23(20)19-7-4-17(11-26)5-8-19)27-12-18-6-9-21-22(10-18)33-15-32-21;1-6-7-11-22-21-23-13-18(20(26)25(5)14-15(2)3)19(24-21)17-10-8-9-16(4)12-17;;/h5,7-12,15,17H,4,6,13-14,18H2,1-3H3,(H,28,29,30);5-10,15-17H,4,11-14,18H2,1-3H3;4-10,13,16H,12,14-15H2,1-3H3,(H,27,28,29);8-10,12-13,15H,6-7,11,14H2,1-5H3,(H,22,23,24);2*1H. The first-order valence-electron chi connectivity index (χ1n) is 42.2. The Labute approximate surface area is 732 Å². The minimum Gasteiger partial charge on any atom is -0.454 e. The van der Waals surface area contributed by atoms with Crippen molar-refractivity contribution < 1.29 is 41.0 Å². The van der Waals surface area contributed by atoms with Gasteiger partial charge >= 0.3 is 0 Å². The average Bonchev–Trinajstić information content (AvgIpc) is 0.871. The van der Waals surface area contributed by atoms with Crippen molar-refractivity contribution in [1.82, 2.24) is 59.5 Å². The zero-order valence-corrected chi connectivity index (χ0v) is 73.8. The van der Waals surface area contributed by atoms with Gasteiger partial charge < -0.3 is 59.4 Å². The van der Waals surface area contributed by atoms with E-state index >= 15 is 0 Å². The lowest BCUT2D eigenvalue weighted by Crippen LogP contribution is -2.37. The normalized spacial score (nSPS) is 11.8. The SMILES string of the molecule is CC(C)CN(C)C(=O)c1cnc(NCc2ccc3c(c2)OCO3)nc1-c1ccc(C#N)cc1.CCCCNc1ncc(C(=O)N(C)CC(C)C)c(-c2cccc(C)c2)n1.CCN(Cc1cccc(C)c1)C(=O)c1cnc(N2CCOCC2)nc1-c1cccc(C)c1.CCN(Cc1cccc(C)c1)C(=O)c1cnc(NCCCOC)nc1-c1ccc(C#N)cc1.[HH].[HH]. The molecule has 26 nitrogen and oxygen atoms in total. The molecule has 4 amide bonds. The topological polar surface area (TPSA) is 308 Å². The number of ether oxygens (including phenoxy) is 4. The predicted molar refractivity (Wildman–Crippen MR) is 491 cm³/mol. The average molecular weight is 1680 g/mol. The number of carbonyl (C=O) groups excluding carboxylic acids is 4. The molecule has 0 radical (unpaired) electrons. The number of unbranched alkanes of at least 4 members (excludes halogenated alkanes) is 1. The molecule has 0 unspecified atom stereocenters. The van der Waals surface area contributed by atoms with Crippen LogP contribution in [-0.4, -0.2) is 183 Å². The van der Waals surface area contributed by atoms with Gasteiger partial charge in [-0.15, -0.1) is 0 Å². The molecule has 3 N–H and O–H groups in total. The lowest BCUT2D eigenvalue weighted by molar-refractivity contribution is 0.0745. The lowest BCUT2D eigenvalue weighted by atomic mass is 10.0. The van der Waals surface area contributed by atoms with Crippen LogP contribution in [0.25, 0.3) is 45.0 Å². The van der Waals surface area contributed by atoms with Crippen molar-refractivity contribution in [3.05, 3.63) is 261 Å². The van der Waals surface area contributed by atoms with Crippen LogP contribution in [0.5, 0.6) is 11.5 Å². The zero-order chi connectivity index (χ0) is 88.6. The third-order valence-corrected chi connectivity index (χ3v) is 20.2. The van der Waals surface area contributed by atoms with E-state index in [-0.39, 0.29) is 33.3 Å². The highest BCUT2D eigenvalue weighted by molar-refractivity contribution is 6.02. The fourth-order valence-corrected chi connectivity index (χ4v) is 13.9. The molecule has 13 rings (SSSR count). The van der Waals surface area contributed by atoms with Gasteiger partial charge in [0.1, 0.15) is 0 Å². The predicted octanol–water partition coefficient (Wildman–Crippen LogP) is 17.7. The minimum atomic E-state index is -0.148. The molecule has 0 atom stereocenters. The molecule has 0 spiro atoms. The summed E-state index contributed by atoms with van der Waals surface area (Å²) in [4.78, 5) is 99.1. The van der Waals surface area contributed by atoms with E-state index in [1.54, 1.807) is 90.0 Å². The van der Waals surface area contributed by atoms with E-state index in [1.807, 2.05) is 138 Å². The van der Waals surface area contributed by atoms with Crippen LogP contribution in [0.15, 0.2) is 189 Å². The van der Waals surface area contributed by atoms with Gasteiger partial charge in [-0.25, -0.2) is 39.9 Å². The van der Waals surface area contributed by atoms with Crippen LogP contribution in [0.1, 0.15) is 162 Å². The van der Waals surface area contributed by atoms with E-state index < -0.39 is 0 Å². The molecular formula is C98H118N18O8. The molecule has 0 aliphatic carbocycles. The summed E-state index contributed by atoms with van der Waals surface area (Å²) in [5.74, 6) is 3.85. The van der Waals surface area contributed by atoms with E-state index in [4.69, 9.17) is 34.5 Å². The summed E-state index contributed by atoms with van der Waals surface area (Å²) in [6.45, 7) is 31.8. The Bertz CT molecular complexity index is 5510. The number of aryl methyl sites for hydroxylation is 4. The molecular weight excluding hydrogens is 1560 g/mol. The number of nitriles is 2. The third kappa shape index (κ3) is 26.5.